The minimum absolute atomic E-state index is 0.0362. The molecule has 9 rings (SSSR count). The second kappa shape index (κ2) is 20.7. The van der Waals surface area contributed by atoms with Crippen molar-refractivity contribution >= 4 is 34.2 Å². The van der Waals surface area contributed by atoms with Gasteiger partial charge in [0, 0.05) is 21.8 Å². The molecule has 62 heavy (non-hydrogen) atoms. The van der Waals surface area contributed by atoms with E-state index in [1.807, 2.05) is 30.3 Å². The van der Waals surface area contributed by atoms with Gasteiger partial charge in [-0.15, -0.1) is 0 Å². The summed E-state index contributed by atoms with van der Waals surface area (Å²) in [4.78, 5) is 0. The maximum absolute atomic E-state index is 6.34. The molecule has 8 aromatic rings. The van der Waals surface area contributed by atoms with Gasteiger partial charge in [0.25, 0.3) is 0 Å². The summed E-state index contributed by atoms with van der Waals surface area (Å²) in [6, 6.07) is 56.1. The minimum Gasteiger partial charge on any atom is -0.455 e. The van der Waals surface area contributed by atoms with Gasteiger partial charge in [0.1, 0.15) is 11.2 Å². The van der Waals surface area contributed by atoms with E-state index in [-0.39, 0.29) is 5.41 Å². The summed E-state index contributed by atoms with van der Waals surface area (Å²) in [6.45, 7) is 22.0. The number of benzene rings is 7. The van der Waals surface area contributed by atoms with Crippen LogP contribution in [0.4, 0.5) is 0 Å². The van der Waals surface area contributed by atoms with Gasteiger partial charge >= 0.3 is 0 Å². The van der Waals surface area contributed by atoms with Crippen molar-refractivity contribution in [2.24, 2.45) is 0 Å². The van der Waals surface area contributed by atoms with E-state index in [4.69, 9.17) is 9.83 Å². The zero-order valence-electron chi connectivity index (χ0n) is 37.7. The topological polar surface area (TPSA) is 37.0 Å². The van der Waals surface area contributed by atoms with Gasteiger partial charge in [-0.2, -0.15) is 0 Å². The third-order valence-corrected chi connectivity index (χ3v) is 11.8. The first kappa shape index (κ1) is 44.8. The highest BCUT2D eigenvalue weighted by atomic mass is 16.3. The first-order valence-corrected chi connectivity index (χ1v) is 21.8. The smallest absolute Gasteiger partial charge is 0.143 e. The average molecular weight is 812 g/mol. The molecule has 0 spiro atoms. The molecular weight excluding hydrogens is 751 g/mol. The van der Waals surface area contributed by atoms with Crippen LogP contribution in [0.2, 0.25) is 0 Å². The normalized spacial score (nSPS) is 12.5. The van der Waals surface area contributed by atoms with E-state index in [1.54, 1.807) is 0 Å². The minimum atomic E-state index is 0.0362. The lowest BCUT2D eigenvalue weighted by molar-refractivity contribution is 0.660. The van der Waals surface area contributed by atoms with Gasteiger partial charge in [-0.3, -0.25) is 0 Å². The predicted octanol–water partition coefficient (Wildman–Crippen LogP) is 17.0. The Morgan fingerprint density at radius 1 is 0.629 bits per heavy atom. The lowest BCUT2D eigenvalue weighted by atomic mass is 9.80. The van der Waals surface area contributed by atoms with Gasteiger partial charge in [0.2, 0.25) is 0 Å². The van der Waals surface area contributed by atoms with Crippen molar-refractivity contribution < 1.29 is 4.42 Å². The number of para-hydroxylation sites is 1. The Hall–Kier alpha value is -6.77. The summed E-state index contributed by atoms with van der Waals surface area (Å²) in [5, 5.41) is 7.85. The molecule has 0 unspecified atom stereocenters. The number of nitrogens with one attached hydrogen (secondary N) is 1. The quantitative estimate of drug-likeness (QED) is 0.120. The fraction of sp³-hybridized carbons (Fsp3) is 0.183. The number of hydrogen-bond acceptors (Lipinski definition) is 2. The molecular formula is C60H61NO. The fourth-order valence-corrected chi connectivity index (χ4v) is 8.61. The van der Waals surface area contributed by atoms with Gasteiger partial charge in [0.15, 0.2) is 0 Å². The molecule has 1 aromatic heterocycles. The number of furan rings is 1. The largest absolute Gasteiger partial charge is 0.455 e. The van der Waals surface area contributed by atoms with Crippen LogP contribution in [0.3, 0.4) is 0 Å². The summed E-state index contributed by atoms with van der Waals surface area (Å²) >= 11 is 0. The summed E-state index contributed by atoms with van der Waals surface area (Å²) in [7, 11) is 0. The molecule has 0 fully saturated rings. The molecule has 1 aliphatic carbocycles. The predicted molar refractivity (Wildman–Crippen MR) is 270 cm³/mol. The number of rotatable bonds is 8. The van der Waals surface area contributed by atoms with Crippen LogP contribution in [-0.2, 0) is 11.8 Å². The summed E-state index contributed by atoms with van der Waals surface area (Å²) in [6.07, 6.45) is 9.51. The third kappa shape index (κ3) is 9.88. The van der Waals surface area contributed by atoms with E-state index < -0.39 is 0 Å². The molecule has 0 atom stereocenters. The Morgan fingerprint density at radius 3 is 1.90 bits per heavy atom. The van der Waals surface area contributed by atoms with E-state index >= 15 is 0 Å². The van der Waals surface area contributed by atoms with E-state index in [0.29, 0.717) is 0 Å². The van der Waals surface area contributed by atoms with Crippen molar-refractivity contribution in [3.05, 3.63) is 233 Å². The fourth-order valence-electron chi connectivity index (χ4n) is 8.61. The molecule has 312 valence electrons. The zero-order valence-corrected chi connectivity index (χ0v) is 37.7. The van der Waals surface area contributed by atoms with Crippen LogP contribution in [0.1, 0.15) is 85.0 Å². The van der Waals surface area contributed by atoms with Gasteiger partial charge in [-0.1, -0.05) is 209 Å². The number of allylic oxidation sites excluding steroid dienone is 5. The Kier molecular flexibility index (Phi) is 14.9. The summed E-state index contributed by atoms with van der Waals surface area (Å²) < 4.78 is 6.34. The van der Waals surface area contributed by atoms with Crippen molar-refractivity contribution in [3.8, 4) is 22.3 Å². The first-order chi connectivity index (χ1) is 30.1. The Morgan fingerprint density at radius 2 is 1.26 bits per heavy atom. The number of fused-ring (bicyclic) bond motifs is 6. The highest BCUT2D eigenvalue weighted by molar-refractivity contribution is 6.09. The zero-order chi connectivity index (χ0) is 44.2. The van der Waals surface area contributed by atoms with Gasteiger partial charge in [-0.25, -0.2) is 0 Å². The molecule has 1 heterocycles. The van der Waals surface area contributed by atoms with Gasteiger partial charge < -0.3 is 9.83 Å². The second-order valence-corrected chi connectivity index (χ2v) is 16.6. The third-order valence-electron chi connectivity index (χ3n) is 11.8. The SMILES string of the molecule is C=C/C=C(\C(=C/C)CCC)c1cc2c(cc1C)-c1ccccc1C2(C)C.C=N.Cc1ccc(Cc2ccc3c(c2)oc2c(-c4ccccc4)cccc23)cc1.Cc1ccccc1. The molecule has 1 aliphatic rings. The van der Waals surface area contributed by atoms with Crippen LogP contribution < -0.4 is 0 Å². The highest BCUT2D eigenvalue weighted by Gasteiger charge is 2.36. The molecule has 7 aromatic carbocycles. The van der Waals surface area contributed by atoms with Crippen molar-refractivity contribution in [1.29, 1.82) is 5.41 Å². The Balaban J connectivity index is 0.000000173. The number of hydrogen-bond donors (Lipinski definition) is 1. The molecule has 2 heteroatoms. The Labute approximate surface area is 370 Å². The highest BCUT2D eigenvalue weighted by Crippen LogP contribution is 2.50. The van der Waals surface area contributed by atoms with Crippen LogP contribution in [0.5, 0.6) is 0 Å². The van der Waals surface area contributed by atoms with E-state index in [2.05, 4.69) is 207 Å². The maximum Gasteiger partial charge on any atom is 0.143 e. The molecule has 0 aliphatic heterocycles. The summed E-state index contributed by atoms with van der Waals surface area (Å²) in [5.74, 6) is 0. The average Bonchev–Trinajstić information content (AvgIpc) is 3.78. The number of aryl methyl sites for hydroxylation is 3. The van der Waals surface area contributed by atoms with Crippen LogP contribution in [0, 0.1) is 26.2 Å². The monoisotopic (exact) mass is 811 g/mol. The maximum atomic E-state index is 6.34. The molecule has 2 nitrogen and oxygen atoms in total. The van der Waals surface area contributed by atoms with Crippen molar-refractivity contribution in [1.82, 2.24) is 0 Å². The molecule has 0 amide bonds. The van der Waals surface area contributed by atoms with Gasteiger partial charge in [0.05, 0.1) is 0 Å². The lowest BCUT2D eigenvalue weighted by Crippen LogP contribution is -2.15. The van der Waals surface area contributed by atoms with E-state index in [9.17, 15) is 0 Å². The van der Waals surface area contributed by atoms with Crippen molar-refractivity contribution in [2.45, 2.75) is 73.1 Å². The molecule has 0 saturated carbocycles. The molecule has 0 radical (unpaired) electrons. The van der Waals surface area contributed by atoms with Crippen LogP contribution in [-0.4, -0.2) is 6.72 Å². The van der Waals surface area contributed by atoms with E-state index in [0.717, 1.165) is 36.0 Å². The lowest BCUT2D eigenvalue weighted by Gasteiger charge is -2.23. The molecule has 0 bridgehead atoms. The first-order valence-electron chi connectivity index (χ1n) is 21.8. The molecule has 0 saturated heterocycles. The van der Waals surface area contributed by atoms with Crippen LogP contribution in [0.15, 0.2) is 193 Å². The second-order valence-electron chi connectivity index (χ2n) is 16.6. The van der Waals surface area contributed by atoms with Gasteiger partial charge in [-0.05, 0) is 121 Å². The van der Waals surface area contributed by atoms with E-state index in [1.165, 1.54) is 83.1 Å². The van der Waals surface area contributed by atoms with Crippen molar-refractivity contribution in [3.63, 3.8) is 0 Å². The molecule has 1 N–H and O–H groups in total. The van der Waals surface area contributed by atoms with Crippen LogP contribution in [0.25, 0.3) is 49.8 Å². The van der Waals surface area contributed by atoms with Crippen molar-refractivity contribution in [2.75, 3.05) is 0 Å². The van der Waals surface area contributed by atoms with Crippen LogP contribution >= 0.6 is 0 Å². The standard InChI is InChI=1S/C26H20O.C26H30.C7H8.CH3N/c1-18-10-12-19(13-11-18)16-20-14-15-23-24-9-5-8-22(21-6-3-2-4-7-21)26(24)27-25(23)17-20;1-7-12-19(9-3)20(13-8-2)22-17-25-23(16-18(22)4)21-14-10-11-15-24(21)26(25,5)6;1-7-5-3-2-4-6-7;1-2/h2-15,17H,16H2,1H3;8-11,13-17H,2,7,12H2,1,3-6H3;2-6H,1H3;2H,1H2/b;19-9-,20-13+;;. The Bertz CT molecular complexity index is 2820. The summed E-state index contributed by atoms with van der Waals surface area (Å²) in [5.41, 5.74) is 20.5.